The molecule has 94 valence electrons. The standard InChI is InChI=1S/C15H23NO/c1-11-7-8-14(12(2)9-11)15(16-3)10-17-13-5-4-6-13/h7-9,13,15-16H,4-6,10H2,1-3H3. The van der Waals surface area contributed by atoms with Crippen LogP contribution in [0, 0.1) is 13.8 Å². The minimum Gasteiger partial charge on any atom is -0.376 e. The van der Waals surface area contributed by atoms with Gasteiger partial charge >= 0.3 is 0 Å². The third kappa shape index (κ3) is 3.08. The van der Waals surface area contributed by atoms with Gasteiger partial charge in [0.1, 0.15) is 0 Å². The van der Waals surface area contributed by atoms with Crippen molar-refractivity contribution in [1.29, 1.82) is 0 Å². The first kappa shape index (κ1) is 12.6. The second kappa shape index (κ2) is 5.65. The Morgan fingerprint density at radius 2 is 2.12 bits per heavy atom. The second-order valence-corrected chi connectivity index (χ2v) is 5.09. The quantitative estimate of drug-likeness (QED) is 0.843. The van der Waals surface area contributed by atoms with E-state index in [1.54, 1.807) is 0 Å². The Hall–Kier alpha value is -0.860. The van der Waals surface area contributed by atoms with Crippen molar-refractivity contribution in [2.24, 2.45) is 0 Å². The molecule has 1 aromatic carbocycles. The number of ether oxygens (including phenoxy) is 1. The van der Waals surface area contributed by atoms with Gasteiger partial charge in [0.05, 0.1) is 18.8 Å². The van der Waals surface area contributed by atoms with Crippen molar-refractivity contribution in [2.75, 3.05) is 13.7 Å². The second-order valence-electron chi connectivity index (χ2n) is 5.09. The lowest BCUT2D eigenvalue weighted by Gasteiger charge is -2.28. The average Bonchev–Trinajstić information content (AvgIpc) is 2.23. The lowest BCUT2D eigenvalue weighted by molar-refractivity contribution is -0.00801. The monoisotopic (exact) mass is 233 g/mol. The zero-order valence-corrected chi connectivity index (χ0v) is 11.1. The highest BCUT2D eigenvalue weighted by molar-refractivity contribution is 5.32. The van der Waals surface area contributed by atoms with Gasteiger partial charge in [-0.2, -0.15) is 0 Å². The maximum atomic E-state index is 5.91. The molecule has 1 aliphatic rings. The molecule has 2 nitrogen and oxygen atoms in total. The van der Waals surface area contributed by atoms with Gasteiger partial charge in [0.25, 0.3) is 0 Å². The summed E-state index contributed by atoms with van der Waals surface area (Å²) in [5.41, 5.74) is 4.03. The van der Waals surface area contributed by atoms with E-state index in [9.17, 15) is 0 Å². The van der Waals surface area contributed by atoms with Crippen molar-refractivity contribution in [3.63, 3.8) is 0 Å². The molecular weight excluding hydrogens is 210 g/mol. The van der Waals surface area contributed by atoms with Crippen molar-refractivity contribution in [1.82, 2.24) is 5.32 Å². The van der Waals surface area contributed by atoms with E-state index in [0.717, 1.165) is 6.61 Å². The molecule has 0 bridgehead atoms. The number of aryl methyl sites for hydroxylation is 2. The summed E-state index contributed by atoms with van der Waals surface area (Å²) in [4.78, 5) is 0. The van der Waals surface area contributed by atoms with E-state index in [1.165, 1.54) is 36.0 Å². The molecule has 1 aromatic rings. The van der Waals surface area contributed by atoms with Gasteiger partial charge in [-0.25, -0.2) is 0 Å². The van der Waals surface area contributed by atoms with Crippen LogP contribution in [0.5, 0.6) is 0 Å². The van der Waals surface area contributed by atoms with Crippen LogP contribution >= 0.6 is 0 Å². The van der Waals surface area contributed by atoms with E-state index >= 15 is 0 Å². The van der Waals surface area contributed by atoms with Gasteiger partial charge in [0, 0.05) is 0 Å². The summed E-state index contributed by atoms with van der Waals surface area (Å²) in [6, 6.07) is 6.95. The normalized spacial score (nSPS) is 17.8. The largest absolute Gasteiger partial charge is 0.376 e. The highest BCUT2D eigenvalue weighted by Crippen LogP contribution is 2.25. The van der Waals surface area contributed by atoms with E-state index in [4.69, 9.17) is 4.74 Å². The lowest BCUT2D eigenvalue weighted by atomic mass is 9.95. The van der Waals surface area contributed by atoms with Crippen molar-refractivity contribution in [3.05, 3.63) is 34.9 Å². The van der Waals surface area contributed by atoms with E-state index in [-0.39, 0.29) is 0 Å². The Balaban J connectivity index is 2.00. The highest BCUT2D eigenvalue weighted by atomic mass is 16.5. The molecule has 0 radical (unpaired) electrons. The number of hydrogen-bond acceptors (Lipinski definition) is 2. The highest BCUT2D eigenvalue weighted by Gasteiger charge is 2.20. The van der Waals surface area contributed by atoms with E-state index in [2.05, 4.69) is 37.4 Å². The molecule has 1 aliphatic carbocycles. The van der Waals surface area contributed by atoms with Crippen LogP contribution in [0.4, 0.5) is 0 Å². The van der Waals surface area contributed by atoms with E-state index < -0.39 is 0 Å². The van der Waals surface area contributed by atoms with Gasteiger partial charge in [-0.1, -0.05) is 23.8 Å². The molecule has 1 saturated carbocycles. The lowest BCUT2D eigenvalue weighted by Crippen LogP contribution is -2.29. The number of rotatable bonds is 5. The molecule has 2 heteroatoms. The Labute approximate surface area is 104 Å². The van der Waals surface area contributed by atoms with Gasteiger partial charge in [-0.05, 0) is 51.3 Å². The predicted molar refractivity (Wildman–Crippen MR) is 71.3 cm³/mol. The molecule has 0 amide bonds. The molecule has 0 heterocycles. The van der Waals surface area contributed by atoms with Gasteiger partial charge in [0.2, 0.25) is 0 Å². The molecule has 1 unspecified atom stereocenters. The summed E-state index contributed by atoms with van der Waals surface area (Å²) in [5, 5.41) is 3.36. The first-order valence-electron chi connectivity index (χ1n) is 6.56. The summed E-state index contributed by atoms with van der Waals surface area (Å²) >= 11 is 0. The van der Waals surface area contributed by atoms with Crippen LogP contribution in [0.25, 0.3) is 0 Å². The molecule has 0 aromatic heterocycles. The number of likely N-dealkylation sites (N-methyl/N-ethyl adjacent to an activating group) is 1. The summed E-state index contributed by atoms with van der Waals surface area (Å²) in [5.74, 6) is 0. The molecule has 1 N–H and O–H groups in total. The number of benzene rings is 1. The van der Waals surface area contributed by atoms with Crippen LogP contribution in [-0.4, -0.2) is 19.8 Å². The smallest absolute Gasteiger partial charge is 0.0665 e. The fourth-order valence-corrected chi connectivity index (χ4v) is 2.31. The van der Waals surface area contributed by atoms with Gasteiger partial charge < -0.3 is 10.1 Å². The van der Waals surface area contributed by atoms with Crippen LogP contribution in [0.1, 0.15) is 42.0 Å². The Kier molecular flexibility index (Phi) is 4.19. The molecule has 1 fully saturated rings. The van der Waals surface area contributed by atoms with Crippen molar-refractivity contribution < 1.29 is 4.74 Å². The maximum Gasteiger partial charge on any atom is 0.0665 e. The summed E-state index contributed by atoms with van der Waals surface area (Å²) in [6.45, 7) is 5.09. The Bertz CT molecular complexity index is 371. The zero-order chi connectivity index (χ0) is 12.3. The fourth-order valence-electron chi connectivity index (χ4n) is 2.31. The van der Waals surface area contributed by atoms with Crippen molar-refractivity contribution >= 4 is 0 Å². The number of nitrogens with one attached hydrogen (secondary N) is 1. The molecule has 0 aliphatic heterocycles. The zero-order valence-electron chi connectivity index (χ0n) is 11.1. The summed E-state index contributed by atoms with van der Waals surface area (Å²) in [7, 11) is 2.01. The Morgan fingerprint density at radius 3 is 2.65 bits per heavy atom. The van der Waals surface area contributed by atoms with Gasteiger partial charge in [-0.15, -0.1) is 0 Å². The third-order valence-electron chi connectivity index (χ3n) is 3.70. The molecule has 0 saturated heterocycles. The minimum absolute atomic E-state index is 0.316. The van der Waals surface area contributed by atoms with Crippen molar-refractivity contribution in [2.45, 2.75) is 45.3 Å². The van der Waals surface area contributed by atoms with E-state index in [0.29, 0.717) is 12.1 Å². The SMILES string of the molecule is CNC(COC1CCC1)c1ccc(C)cc1C. The number of hydrogen-bond donors (Lipinski definition) is 1. The van der Waals surface area contributed by atoms with E-state index in [1.807, 2.05) is 7.05 Å². The minimum atomic E-state index is 0.316. The predicted octanol–water partition coefficient (Wildman–Crippen LogP) is 3.13. The van der Waals surface area contributed by atoms with Crippen LogP contribution in [-0.2, 0) is 4.74 Å². The topological polar surface area (TPSA) is 21.3 Å². The third-order valence-corrected chi connectivity index (χ3v) is 3.70. The average molecular weight is 233 g/mol. The first-order valence-corrected chi connectivity index (χ1v) is 6.56. The van der Waals surface area contributed by atoms with Crippen LogP contribution in [0.15, 0.2) is 18.2 Å². The first-order chi connectivity index (χ1) is 8.20. The Morgan fingerprint density at radius 1 is 1.35 bits per heavy atom. The molecular formula is C15H23NO. The summed E-state index contributed by atoms with van der Waals surface area (Å²) in [6.07, 6.45) is 4.32. The molecule has 17 heavy (non-hydrogen) atoms. The van der Waals surface area contributed by atoms with Gasteiger partial charge in [0.15, 0.2) is 0 Å². The van der Waals surface area contributed by atoms with Crippen LogP contribution in [0.3, 0.4) is 0 Å². The van der Waals surface area contributed by atoms with Crippen LogP contribution in [0.2, 0.25) is 0 Å². The summed E-state index contributed by atoms with van der Waals surface area (Å²) < 4.78 is 5.91. The van der Waals surface area contributed by atoms with Crippen molar-refractivity contribution in [3.8, 4) is 0 Å². The molecule has 1 atom stereocenters. The maximum absolute atomic E-state index is 5.91. The van der Waals surface area contributed by atoms with Gasteiger partial charge in [-0.3, -0.25) is 0 Å². The molecule has 2 rings (SSSR count). The van der Waals surface area contributed by atoms with Crippen LogP contribution < -0.4 is 5.32 Å². The molecule has 0 spiro atoms. The fraction of sp³-hybridized carbons (Fsp3) is 0.600.